The lowest BCUT2D eigenvalue weighted by molar-refractivity contribution is -0.140. The van der Waals surface area contributed by atoms with Crippen LogP contribution < -0.4 is 5.32 Å². The minimum absolute atomic E-state index is 0.0974. The zero-order valence-corrected chi connectivity index (χ0v) is 8.60. The van der Waals surface area contributed by atoms with Crippen molar-refractivity contribution in [2.24, 2.45) is 5.92 Å². The van der Waals surface area contributed by atoms with Gasteiger partial charge in [-0.05, 0) is 12.3 Å². The van der Waals surface area contributed by atoms with Gasteiger partial charge in [-0.1, -0.05) is 13.8 Å². The second-order valence-electron chi connectivity index (χ2n) is 3.77. The number of carboxylic acid groups (broad SMARTS) is 1. The first-order valence-corrected chi connectivity index (χ1v) is 4.72. The standard InChI is InChI=1S/C9H19NO4/c1-6(2)3-8(9(13)14)10-4-7(12)5-11/h6-8,10-12H,3-5H2,1-2H3,(H,13,14)/t7?,8-/m0/s1. The number of hydrogen-bond donors (Lipinski definition) is 4. The summed E-state index contributed by atoms with van der Waals surface area (Å²) in [5.74, 6) is -0.654. The van der Waals surface area contributed by atoms with Crippen LogP contribution in [0.5, 0.6) is 0 Å². The highest BCUT2D eigenvalue weighted by molar-refractivity contribution is 5.73. The van der Waals surface area contributed by atoms with Crippen LogP contribution in [0.3, 0.4) is 0 Å². The number of aliphatic hydroxyl groups is 2. The number of aliphatic hydroxyl groups excluding tert-OH is 2. The Kier molecular flexibility index (Phi) is 6.44. The van der Waals surface area contributed by atoms with Crippen LogP contribution in [0, 0.1) is 5.92 Å². The molecular weight excluding hydrogens is 186 g/mol. The van der Waals surface area contributed by atoms with Gasteiger partial charge in [0, 0.05) is 6.54 Å². The molecule has 2 atom stereocenters. The third-order valence-corrected chi connectivity index (χ3v) is 1.82. The quantitative estimate of drug-likeness (QED) is 0.447. The fourth-order valence-corrected chi connectivity index (χ4v) is 1.09. The van der Waals surface area contributed by atoms with Gasteiger partial charge in [-0.25, -0.2) is 0 Å². The maximum atomic E-state index is 10.7. The van der Waals surface area contributed by atoms with Gasteiger partial charge in [-0.3, -0.25) is 4.79 Å². The molecule has 0 saturated heterocycles. The fraction of sp³-hybridized carbons (Fsp3) is 0.889. The zero-order chi connectivity index (χ0) is 11.1. The minimum atomic E-state index is -0.927. The van der Waals surface area contributed by atoms with E-state index in [4.69, 9.17) is 15.3 Å². The molecule has 4 N–H and O–H groups in total. The molecule has 0 spiro atoms. The molecule has 0 saturated carbocycles. The molecule has 14 heavy (non-hydrogen) atoms. The van der Waals surface area contributed by atoms with Crippen LogP contribution in [0.2, 0.25) is 0 Å². The summed E-state index contributed by atoms with van der Waals surface area (Å²) in [4.78, 5) is 10.7. The molecule has 0 aliphatic carbocycles. The summed E-state index contributed by atoms with van der Waals surface area (Å²) < 4.78 is 0. The Bertz CT molecular complexity index is 172. The van der Waals surface area contributed by atoms with E-state index in [1.165, 1.54) is 0 Å². The number of aliphatic carboxylic acids is 1. The molecule has 0 rings (SSSR count). The molecule has 0 aromatic rings. The van der Waals surface area contributed by atoms with Crippen molar-refractivity contribution in [1.29, 1.82) is 0 Å². The molecule has 0 amide bonds. The Hall–Kier alpha value is -0.650. The third kappa shape index (κ3) is 5.90. The van der Waals surface area contributed by atoms with Crippen molar-refractivity contribution in [1.82, 2.24) is 5.32 Å². The highest BCUT2D eigenvalue weighted by atomic mass is 16.4. The summed E-state index contributed by atoms with van der Waals surface area (Å²) in [5, 5.41) is 29.0. The number of rotatable bonds is 7. The first-order chi connectivity index (χ1) is 6.47. The molecule has 0 fully saturated rings. The van der Waals surface area contributed by atoms with Crippen LogP contribution in [0.4, 0.5) is 0 Å². The van der Waals surface area contributed by atoms with Crippen LogP contribution in [-0.4, -0.2) is 46.6 Å². The van der Waals surface area contributed by atoms with E-state index in [0.29, 0.717) is 6.42 Å². The van der Waals surface area contributed by atoms with E-state index in [2.05, 4.69) is 5.32 Å². The summed E-state index contributed by atoms with van der Waals surface area (Å²) in [6.07, 6.45) is -0.392. The molecule has 0 heterocycles. The van der Waals surface area contributed by atoms with Crippen LogP contribution in [0.15, 0.2) is 0 Å². The number of carboxylic acids is 1. The normalized spacial score (nSPS) is 15.5. The molecule has 0 aliphatic rings. The molecule has 5 nitrogen and oxygen atoms in total. The van der Waals surface area contributed by atoms with E-state index in [9.17, 15) is 4.79 Å². The number of nitrogens with one attached hydrogen (secondary N) is 1. The second kappa shape index (κ2) is 6.75. The summed E-state index contributed by atoms with van der Waals surface area (Å²) in [6, 6.07) is -0.656. The number of hydrogen-bond acceptors (Lipinski definition) is 4. The minimum Gasteiger partial charge on any atom is -0.480 e. The molecule has 0 aromatic carbocycles. The smallest absolute Gasteiger partial charge is 0.320 e. The lowest BCUT2D eigenvalue weighted by Crippen LogP contribution is -2.42. The molecule has 0 radical (unpaired) electrons. The van der Waals surface area contributed by atoms with Crippen molar-refractivity contribution in [2.45, 2.75) is 32.4 Å². The van der Waals surface area contributed by atoms with E-state index in [-0.39, 0.29) is 19.1 Å². The Morgan fingerprint density at radius 1 is 1.43 bits per heavy atom. The van der Waals surface area contributed by atoms with Crippen molar-refractivity contribution >= 4 is 5.97 Å². The maximum Gasteiger partial charge on any atom is 0.320 e. The average molecular weight is 205 g/mol. The van der Waals surface area contributed by atoms with Gasteiger partial charge in [0.25, 0.3) is 0 Å². The lowest BCUT2D eigenvalue weighted by Gasteiger charge is -2.17. The summed E-state index contributed by atoms with van der Waals surface area (Å²) in [7, 11) is 0. The van der Waals surface area contributed by atoms with Gasteiger partial charge < -0.3 is 20.6 Å². The second-order valence-corrected chi connectivity index (χ2v) is 3.77. The van der Waals surface area contributed by atoms with Crippen LogP contribution in [-0.2, 0) is 4.79 Å². The van der Waals surface area contributed by atoms with E-state index >= 15 is 0 Å². The molecule has 0 aromatic heterocycles. The molecule has 1 unspecified atom stereocenters. The predicted octanol–water partition coefficient (Wildman–Crippen LogP) is -0.571. The zero-order valence-electron chi connectivity index (χ0n) is 8.60. The first kappa shape index (κ1) is 13.4. The van der Waals surface area contributed by atoms with Gasteiger partial charge in [0.1, 0.15) is 6.04 Å². The molecule has 84 valence electrons. The van der Waals surface area contributed by atoms with Gasteiger partial charge in [0.2, 0.25) is 0 Å². The van der Waals surface area contributed by atoms with E-state index < -0.39 is 18.1 Å². The van der Waals surface area contributed by atoms with Crippen LogP contribution in [0.1, 0.15) is 20.3 Å². The highest BCUT2D eigenvalue weighted by Crippen LogP contribution is 2.04. The highest BCUT2D eigenvalue weighted by Gasteiger charge is 2.18. The third-order valence-electron chi connectivity index (χ3n) is 1.82. The fourth-order valence-electron chi connectivity index (χ4n) is 1.09. The van der Waals surface area contributed by atoms with Crippen molar-refractivity contribution in [3.63, 3.8) is 0 Å². The van der Waals surface area contributed by atoms with Crippen molar-refractivity contribution < 1.29 is 20.1 Å². The summed E-state index contributed by atoms with van der Waals surface area (Å²) in [6.45, 7) is 3.60. The van der Waals surface area contributed by atoms with Gasteiger partial charge in [-0.15, -0.1) is 0 Å². The topological polar surface area (TPSA) is 89.8 Å². The Morgan fingerprint density at radius 3 is 2.36 bits per heavy atom. The van der Waals surface area contributed by atoms with Gasteiger partial charge in [0.15, 0.2) is 0 Å². The molecule has 0 aliphatic heterocycles. The Morgan fingerprint density at radius 2 is 2.00 bits per heavy atom. The molecular formula is C9H19NO4. The lowest BCUT2D eigenvalue weighted by atomic mass is 10.0. The van der Waals surface area contributed by atoms with Crippen molar-refractivity contribution in [3.05, 3.63) is 0 Å². The first-order valence-electron chi connectivity index (χ1n) is 4.72. The van der Waals surface area contributed by atoms with Crippen LogP contribution in [0.25, 0.3) is 0 Å². The molecule has 5 heteroatoms. The predicted molar refractivity (Wildman–Crippen MR) is 52.0 cm³/mol. The van der Waals surface area contributed by atoms with E-state index in [1.807, 2.05) is 13.8 Å². The monoisotopic (exact) mass is 205 g/mol. The average Bonchev–Trinajstić information content (AvgIpc) is 2.10. The van der Waals surface area contributed by atoms with Crippen molar-refractivity contribution in [2.75, 3.05) is 13.2 Å². The van der Waals surface area contributed by atoms with Crippen LogP contribution >= 0.6 is 0 Å². The van der Waals surface area contributed by atoms with Crippen molar-refractivity contribution in [3.8, 4) is 0 Å². The maximum absolute atomic E-state index is 10.7. The summed E-state index contributed by atoms with van der Waals surface area (Å²) >= 11 is 0. The Balaban J connectivity index is 3.91. The summed E-state index contributed by atoms with van der Waals surface area (Å²) in [5.41, 5.74) is 0. The SMILES string of the molecule is CC(C)C[C@H](NCC(O)CO)C(=O)O. The van der Waals surface area contributed by atoms with E-state index in [1.54, 1.807) is 0 Å². The van der Waals surface area contributed by atoms with Gasteiger partial charge >= 0.3 is 5.97 Å². The molecule has 0 bridgehead atoms. The largest absolute Gasteiger partial charge is 0.480 e. The number of carbonyl (C=O) groups is 1. The van der Waals surface area contributed by atoms with Gasteiger partial charge in [0.05, 0.1) is 12.7 Å². The van der Waals surface area contributed by atoms with Gasteiger partial charge in [-0.2, -0.15) is 0 Å². The van der Waals surface area contributed by atoms with E-state index in [0.717, 1.165) is 0 Å². The Labute approximate surface area is 83.8 Å².